The molecular weight excluding hydrogens is 304 g/mol. The van der Waals surface area contributed by atoms with E-state index in [1.54, 1.807) is 6.20 Å². The second-order valence-electron chi connectivity index (χ2n) is 4.53. The molecule has 0 radical (unpaired) electrons. The van der Waals surface area contributed by atoms with E-state index in [1.165, 1.54) is 5.56 Å². The van der Waals surface area contributed by atoms with Crippen molar-refractivity contribution in [1.29, 1.82) is 0 Å². The van der Waals surface area contributed by atoms with E-state index >= 15 is 0 Å². The second-order valence-corrected chi connectivity index (χ2v) is 5.39. The van der Waals surface area contributed by atoms with E-state index in [4.69, 9.17) is 9.97 Å². The first-order valence-corrected chi connectivity index (χ1v) is 7.29. The molecule has 0 amide bonds. The van der Waals surface area contributed by atoms with Crippen LogP contribution in [0.3, 0.4) is 0 Å². The van der Waals surface area contributed by atoms with Crippen molar-refractivity contribution >= 4 is 15.9 Å². The monoisotopic (exact) mass is 318 g/mol. The Balaban J connectivity index is 2.15. The van der Waals surface area contributed by atoms with Crippen molar-refractivity contribution in [2.24, 2.45) is 0 Å². The molecule has 2 aromatic rings. The third-order valence-corrected chi connectivity index (χ3v) is 3.96. The highest BCUT2D eigenvalue weighted by molar-refractivity contribution is 9.10. The largest absolute Gasteiger partial charge is 0.312 e. The normalized spacial score (nSPS) is 14.2. The van der Waals surface area contributed by atoms with E-state index < -0.39 is 0 Å². The first-order chi connectivity index (χ1) is 9.29. The summed E-state index contributed by atoms with van der Waals surface area (Å²) in [6, 6.07) is 3.87. The lowest BCUT2D eigenvalue weighted by Crippen LogP contribution is -2.26. The molecule has 1 N–H and O–H groups in total. The van der Waals surface area contributed by atoms with Gasteiger partial charge in [-0.3, -0.25) is 4.98 Å². The van der Waals surface area contributed by atoms with E-state index in [0.29, 0.717) is 0 Å². The van der Waals surface area contributed by atoms with Crippen LogP contribution in [0.15, 0.2) is 22.8 Å². The molecule has 1 aliphatic heterocycles. The van der Waals surface area contributed by atoms with Crippen LogP contribution in [0.25, 0.3) is 11.5 Å². The van der Waals surface area contributed by atoms with Gasteiger partial charge in [0.2, 0.25) is 0 Å². The fourth-order valence-electron chi connectivity index (χ4n) is 2.36. The first-order valence-electron chi connectivity index (χ1n) is 6.50. The number of pyridine rings is 1. The van der Waals surface area contributed by atoms with Crippen molar-refractivity contribution in [3.8, 4) is 11.5 Å². The highest BCUT2D eigenvalue weighted by Crippen LogP contribution is 2.25. The maximum atomic E-state index is 4.71. The molecule has 3 heterocycles. The quantitative estimate of drug-likeness (QED) is 0.924. The smallest absolute Gasteiger partial charge is 0.179 e. The molecule has 98 valence electrons. The summed E-state index contributed by atoms with van der Waals surface area (Å²) in [6.07, 6.45) is 3.66. The summed E-state index contributed by atoms with van der Waals surface area (Å²) in [5.41, 5.74) is 4.38. The zero-order chi connectivity index (χ0) is 13.2. The highest BCUT2D eigenvalue weighted by atomic mass is 79.9. The van der Waals surface area contributed by atoms with Gasteiger partial charge in [-0.2, -0.15) is 0 Å². The SMILES string of the molecule is CCc1nc(-c2ncccc2Br)nc2c1CNCC2. The van der Waals surface area contributed by atoms with Crippen LogP contribution in [0.2, 0.25) is 0 Å². The summed E-state index contributed by atoms with van der Waals surface area (Å²) in [6.45, 7) is 3.99. The van der Waals surface area contributed by atoms with Gasteiger partial charge in [0.15, 0.2) is 5.82 Å². The Labute approximate surface area is 120 Å². The lowest BCUT2D eigenvalue weighted by atomic mass is 10.0. The van der Waals surface area contributed by atoms with Gasteiger partial charge in [-0.25, -0.2) is 9.97 Å². The van der Waals surface area contributed by atoms with Gasteiger partial charge >= 0.3 is 0 Å². The number of aromatic nitrogens is 3. The van der Waals surface area contributed by atoms with Crippen LogP contribution in [0, 0.1) is 0 Å². The van der Waals surface area contributed by atoms with Gasteiger partial charge in [-0.15, -0.1) is 0 Å². The maximum Gasteiger partial charge on any atom is 0.179 e. The molecule has 2 aromatic heterocycles. The molecule has 0 spiro atoms. The van der Waals surface area contributed by atoms with Crippen LogP contribution < -0.4 is 5.32 Å². The summed E-state index contributed by atoms with van der Waals surface area (Å²) in [7, 11) is 0. The van der Waals surface area contributed by atoms with Gasteiger partial charge in [0.1, 0.15) is 5.69 Å². The topological polar surface area (TPSA) is 50.7 Å². The van der Waals surface area contributed by atoms with Crippen LogP contribution in [-0.2, 0) is 19.4 Å². The second kappa shape index (κ2) is 5.35. The van der Waals surface area contributed by atoms with Gasteiger partial charge < -0.3 is 5.32 Å². The minimum atomic E-state index is 0.727. The number of hydrogen-bond donors (Lipinski definition) is 1. The Bertz CT molecular complexity index is 595. The Morgan fingerprint density at radius 2 is 2.26 bits per heavy atom. The first kappa shape index (κ1) is 12.7. The number of nitrogens with one attached hydrogen (secondary N) is 1. The summed E-state index contributed by atoms with van der Waals surface area (Å²) in [5.74, 6) is 0.727. The molecular formula is C14H15BrN4. The van der Waals surface area contributed by atoms with Crippen molar-refractivity contribution in [3.05, 3.63) is 39.8 Å². The molecule has 0 fully saturated rings. The molecule has 1 aliphatic rings. The van der Waals surface area contributed by atoms with Crippen LogP contribution in [0.5, 0.6) is 0 Å². The fourth-order valence-corrected chi connectivity index (χ4v) is 2.79. The number of rotatable bonds is 2. The Morgan fingerprint density at radius 3 is 3.05 bits per heavy atom. The zero-order valence-electron chi connectivity index (χ0n) is 10.8. The Kier molecular flexibility index (Phi) is 3.57. The van der Waals surface area contributed by atoms with Gasteiger partial charge in [-0.05, 0) is 34.5 Å². The number of hydrogen-bond acceptors (Lipinski definition) is 4. The van der Waals surface area contributed by atoms with Gasteiger partial charge in [0.05, 0.1) is 5.69 Å². The fraction of sp³-hybridized carbons (Fsp3) is 0.357. The van der Waals surface area contributed by atoms with Gasteiger partial charge in [0, 0.05) is 41.4 Å². The molecule has 19 heavy (non-hydrogen) atoms. The summed E-state index contributed by atoms with van der Waals surface area (Å²) in [4.78, 5) is 13.8. The van der Waals surface area contributed by atoms with E-state index in [0.717, 1.165) is 53.3 Å². The molecule has 0 unspecified atom stereocenters. The van der Waals surface area contributed by atoms with Crippen molar-refractivity contribution < 1.29 is 0 Å². The maximum absolute atomic E-state index is 4.71. The van der Waals surface area contributed by atoms with Gasteiger partial charge in [-0.1, -0.05) is 6.92 Å². The Hall–Kier alpha value is -1.33. The van der Waals surface area contributed by atoms with Crippen LogP contribution in [0.4, 0.5) is 0 Å². The molecule has 0 bridgehead atoms. The molecule has 5 heteroatoms. The van der Waals surface area contributed by atoms with Crippen molar-refractivity contribution in [2.45, 2.75) is 26.3 Å². The third kappa shape index (κ3) is 2.40. The highest BCUT2D eigenvalue weighted by Gasteiger charge is 2.18. The van der Waals surface area contributed by atoms with E-state index in [9.17, 15) is 0 Å². The summed E-state index contributed by atoms with van der Waals surface area (Å²) in [5, 5.41) is 3.38. The molecule has 0 aromatic carbocycles. The minimum Gasteiger partial charge on any atom is -0.312 e. The van der Waals surface area contributed by atoms with E-state index in [-0.39, 0.29) is 0 Å². The molecule has 4 nitrogen and oxygen atoms in total. The lowest BCUT2D eigenvalue weighted by Gasteiger charge is -2.19. The molecule has 0 saturated carbocycles. The number of nitrogens with zero attached hydrogens (tertiary/aromatic N) is 3. The van der Waals surface area contributed by atoms with Crippen molar-refractivity contribution in [3.63, 3.8) is 0 Å². The van der Waals surface area contributed by atoms with E-state index in [2.05, 4.69) is 33.2 Å². The Morgan fingerprint density at radius 1 is 1.37 bits per heavy atom. The molecule has 0 saturated heterocycles. The van der Waals surface area contributed by atoms with Crippen molar-refractivity contribution in [1.82, 2.24) is 20.3 Å². The lowest BCUT2D eigenvalue weighted by molar-refractivity contribution is 0.618. The predicted octanol–water partition coefficient (Wildman–Crippen LogP) is 2.51. The van der Waals surface area contributed by atoms with E-state index in [1.807, 2.05) is 12.1 Å². The molecule has 0 atom stereocenters. The van der Waals surface area contributed by atoms with Crippen molar-refractivity contribution in [2.75, 3.05) is 6.54 Å². The predicted molar refractivity (Wildman–Crippen MR) is 77.8 cm³/mol. The average molecular weight is 319 g/mol. The average Bonchev–Trinajstić information content (AvgIpc) is 2.46. The van der Waals surface area contributed by atoms with Crippen LogP contribution in [0.1, 0.15) is 23.9 Å². The number of halogens is 1. The standard InChI is InChI=1S/C14H15BrN4/c1-2-11-9-8-16-7-5-12(9)19-14(18-11)13-10(15)4-3-6-17-13/h3-4,6,16H,2,5,7-8H2,1H3. The number of aryl methyl sites for hydroxylation is 1. The van der Waals surface area contributed by atoms with Crippen LogP contribution >= 0.6 is 15.9 Å². The molecule has 0 aliphatic carbocycles. The van der Waals surface area contributed by atoms with Gasteiger partial charge in [0.25, 0.3) is 0 Å². The number of fused-ring (bicyclic) bond motifs is 1. The minimum absolute atomic E-state index is 0.727. The zero-order valence-corrected chi connectivity index (χ0v) is 12.4. The third-order valence-electron chi connectivity index (χ3n) is 3.32. The summed E-state index contributed by atoms with van der Waals surface area (Å²) < 4.78 is 0.936. The summed E-state index contributed by atoms with van der Waals surface area (Å²) >= 11 is 3.52. The molecule has 3 rings (SSSR count). The van der Waals surface area contributed by atoms with Crippen LogP contribution in [-0.4, -0.2) is 21.5 Å².